The highest BCUT2D eigenvalue weighted by Gasteiger charge is 2.26. The lowest BCUT2D eigenvalue weighted by atomic mass is 9.88. The molecule has 0 aromatic carbocycles. The molecule has 1 aliphatic carbocycles. The molecule has 3 nitrogen and oxygen atoms in total. The normalized spacial score (nSPS) is 26.5. The molecule has 3 unspecified atom stereocenters. The lowest BCUT2D eigenvalue weighted by Crippen LogP contribution is -2.33. The van der Waals surface area contributed by atoms with E-state index in [1.165, 1.54) is 20.0 Å². The van der Waals surface area contributed by atoms with Crippen molar-refractivity contribution in [2.75, 3.05) is 7.11 Å². The number of hydrogen-bond acceptors (Lipinski definition) is 3. The average Bonchev–Trinajstić information content (AvgIpc) is 2.33. The molecule has 0 radical (unpaired) electrons. The van der Waals surface area contributed by atoms with Crippen LogP contribution in [0.5, 0.6) is 0 Å². The van der Waals surface area contributed by atoms with Crippen LogP contribution in [0.1, 0.15) is 58.8 Å². The molecule has 0 heterocycles. The van der Waals surface area contributed by atoms with Gasteiger partial charge < -0.3 is 9.47 Å². The lowest BCUT2D eigenvalue weighted by molar-refractivity contribution is -0.160. The molecular formula is C14H26O3. The Kier molecular flexibility index (Phi) is 6.56. The zero-order valence-electron chi connectivity index (χ0n) is 11.4. The number of methoxy groups -OCH3 is 1. The molecular weight excluding hydrogens is 216 g/mol. The zero-order chi connectivity index (χ0) is 12.7. The summed E-state index contributed by atoms with van der Waals surface area (Å²) in [5, 5.41) is 0. The molecule has 0 amide bonds. The third-order valence-electron chi connectivity index (χ3n) is 3.53. The highest BCUT2D eigenvalue weighted by molar-refractivity contribution is 5.74. The minimum absolute atomic E-state index is 0.211. The van der Waals surface area contributed by atoms with E-state index >= 15 is 0 Å². The molecule has 3 atom stereocenters. The van der Waals surface area contributed by atoms with Crippen LogP contribution in [-0.4, -0.2) is 25.3 Å². The summed E-state index contributed by atoms with van der Waals surface area (Å²) in [6.07, 6.45) is 7.46. The van der Waals surface area contributed by atoms with Gasteiger partial charge in [0, 0.05) is 0 Å². The Labute approximate surface area is 105 Å². The molecule has 1 aliphatic rings. The molecule has 1 saturated carbocycles. The van der Waals surface area contributed by atoms with Crippen molar-refractivity contribution in [2.45, 2.75) is 71.0 Å². The van der Waals surface area contributed by atoms with Crippen LogP contribution in [0, 0.1) is 5.92 Å². The Morgan fingerprint density at radius 3 is 2.76 bits per heavy atom. The summed E-state index contributed by atoms with van der Waals surface area (Å²) in [6, 6.07) is 0. The second-order valence-corrected chi connectivity index (χ2v) is 5.18. The van der Waals surface area contributed by atoms with Gasteiger partial charge in [0.2, 0.25) is 0 Å². The van der Waals surface area contributed by atoms with Crippen LogP contribution in [0.2, 0.25) is 0 Å². The fourth-order valence-electron chi connectivity index (χ4n) is 2.50. The van der Waals surface area contributed by atoms with E-state index in [-0.39, 0.29) is 18.2 Å². The summed E-state index contributed by atoms with van der Waals surface area (Å²) in [4.78, 5) is 11.6. The monoisotopic (exact) mass is 242 g/mol. The van der Waals surface area contributed by atoms with E-state index < -0.39 is 0 Å². The van der Waals surface area contributed by atoms with Crippen LogP contribution in [0.15, 0.2) is 0 Å². The summed E-state index contributed by atoms with van der Waals surface area (Å²) >= 11 is 0. The van der Waals surface area contributed by atoms with Crippen LogP contribution < -0.4 is 0 Å². The molecule has 0 spiro atoms. The van der Waals surface area contributed by atoms with Crippen LogP contribution >= 0.6 is 0 Å². The van der Waals surface area contributed by atoms with Crippen LogP contribution in [-0.2, 0) is 14.3 Å². The summed E-state index contributed by atoms with van der Waals surface area (Å²) in [5.41, 5.74) is 0. The zero-order valence-corrected chi connectivity index (χ0v) is 11.4. The van der Waals surface area contributed by atoms with Gasteiger partial charge in [-0.2, -0.15) is 0 Å². The molecule has 0 saturated heterocycles. The second-order valence-electron chi connectivity index (χ2n) is 5.18. The quantitative estimate of drug-likeness (QED) is 0.670. The van der Waals surface area contributed by atoms with Crippen molar-refractivity contribution in [3.8, 4) is 0 Å². The Balaban J connectivity index is 2.43. The van der Waals surface area contributed by atoms with Gasteiger partial charge >= 0.3 is 5.97 Å². The van der Waals surface area contributed by atoms with E-state index in [9.17, 15) is 4.79 Å². The first-order valence-corrected chi connectivity index (χ1v) is 6.90. The molecule has 0 aromatic rings. The van der Waals surface area contributed by atoms with Gasteiger partial charge in [0.1, 0.15) is 0 Å². The number of carbonyl (C=O) groups excluding carboxylic acids is 1. The molecule has 1 rings (SSSR count). The minimum atomic E-state index is -0.352. The molecule has 1 fully saturated rings. The summed E-state index contributed by atoms with van der Waals surface area (Å²) in [7, 11) is 1.44. The van der Waals surface area contributed by atoms with E-state index in [2.05, 4.69) is 13.8 Å². The van der Waals surface area contributed by atoms with E-state index in [0.29, 0.717) is 0 Å². The fourth-order valence-corrected chi connectivity index (χ4v) is 2.50. The average molecular weight is 242 g/mol. The number of ether oxygens (including phenoxy) is 2. The first-order valence-electron chi connectivity index (χ1n) is 6.90. The standard InChI is InChI=1S/C14H26O3/c1-4-5-9-13(14(15)16-3)17-12-8-6-7-11(2)10-12/h11-13H,4-10H2,1-3H3. The molecule has 0 aromatic heterocycles. The number of hydrogen-bond donors (Lipinski definition) is 0. The molecule has 0 aliphatic heterocycles. The van der Waals surface area contributed by atoms with Crippen molar-refractivity contribution in [3.05, 3.63) is 0 Å². The lowest BCUT2D eigenvalue weighted by Gasteiger charge is -2.29. The third-order valence-corrected chi connectivity index (χ3v) is 3.53. The van der Waals surface area contributed by atoms with Crippen LogP contribution in [0.3, 0.4) is 0 Å². The second kappa shape index (κ2) is 7.70. The number of esters is 1. The first-order chi connectivity index (χ1) is 8.17. The Bertz CT molecular complexity index is 228. The Morgan fingerprint density at radius 1 is 1.41 bits per heavy atom. The molecule has 0 bridgehead atoms. The topological polar surface area (TPSA) is 35.5 Å². The predicted molar refractivity (Wildman–Crippen MR) is 67.8 cm³/mol. The van der Waals surface area contributed by atoms with Gasteiger partial charge in [-0.05, 0) is 25.2 Å². The summed E-state index contributed by atoms with van der Waals surface area (Å²) < 4.78 is 10.8. The predicted octanol–water partition coefficient (Wildman–Crippen LogP) is 3.31. The van der Waals surface area contributed by atoms with Crippen molar-refractivity contribution >= 4 is 5.97 Å². The minimum Gasteiger partial charge on any atom is -0.467 e. The van der Waals surface area contributed by atoms with Crippen LogP contribution in [0.4, 0.5) is 0 Å². The maximum Gasteiger partial charge on any atom is 0.334 e. The smallest absolute Gasteiger partial charge is 0.334 e. The number of carbonyl (C=O) groups is 1. The Morgan fingerprint density at radius 2 is 2.18 bits per heavy atom. The summed E-state index contributed by atoms with van der Waals surface area (Å²) in [6.45, 7) is 4.38. The van der Waals surface area contributed by atoms with Gasteiger partial charge in [0.15, 0.2) is 6.10 Å². The number of unbranched alkanes of at least 4 members (excludes halogenated alkanes) is 1. The van der Waals surface area contributed by atoms with E-state index in [1.54, 1.807) is 0 Å². The van der Waals surface area contributed by atoms with E-state index in [1.807, 2.05) is 0 Å². The largest absolute Gasteiger partial charge is 0.467 e. The van der Waals surface area contributed by atoms with Gasteiger partial charge in [-0.25, -0.2) is 4.79 Å². The molecule has 0 N–H and O–H groups in total. The third kappa shape index (κ3) is 5.07. The fraction of sp³-hybridized carbons (Fsp3) is 0.929. The van der Waals surface area contributed by atoms with E-state index in [0.717, 1.165) is 38.0 Å². The first kappa shape index (κ1) is 14.5. The summed E-state index contributed by atoms with van der Waals surface area (Å²) in [5.74, 6) is 0.509. The maximum absolute atomic E-state index is 11.6. The number of rotatable bonds is 6. The maximum atomic E-state index is 11.6. The highest BCUT2D eigenvalue weighted by atomic mass is 16.6. The van der Waals surface area contributed by atoms with Crippen LogP contribution in [0.25, 0.3) is 0 Å². The van der Waals surface area contributed by atoms with Crippen molar-refractivity contribution in [2.24, 2.45) is 5.92 Å². The van der Waals surface area contributed by atoms with Gasteiger partial charge in [0.25, 0.3) is 0 Å². The molecule has 17 heavy (non-hydrogen) atoms. The Hall–Kier alpha value is -0.570. The highest BCUT2D eigenvalue weighted by Crippen LogP contribution is 2.27. The van der Waals surface area contributed by atoms with Crippen molar-refractivity contribution < 1.29 is 14.3 Å². The van der Waals surface area contributed by atoms with Gasteiger partial charge in [0.05, 0.1) is 13.2 Å². The van der Waals surface area contributed by atoms with Gasteiger partial charge in [-0.3, -0.25) is 0 Å². The van der Waals surface area contributed by atoms with Crippen molar-refractivity contribution in [1.29, 1.82) is 0 Å². The van der Waals surface area contributed by atoms with Gasteiger partial charge in [-0.1, -0.05) is 39.5 Å². The van der Waals surface area contributed by atoms with Crippen molar-refractivity contribution in [1.82, 2.24) is 0 Å². The molecule has 100 valence electrons. The SMILES string of the molecule is CCCCC(OC1CCCC(C)C1)C(=O)OC. The van der Waals surface area contributed by atoms with E-state index in [4.69, 9.17) is 9.47 Å². The van der Waals surface area contributed by atoms with Gasteiger partial charge in [-0.15, -0.1) is 0 Å². The molecule has 3 heteroatoms. The van der Waals surface area contributed by atoms with Crippen molar-refractivity contribution in [3.63, 3.8) is 0 Å².